The minimum absolute atomic E-state index is 0.217. The average Bonchev–Trinajstić information content (AvgIpc) is 2.69. The molecule has 0 aliphatic carbocycles. The van der Waals surface area contributed by atoms with E-state index in [1.54, 1.807) is 24.5 Å². The molecule has 7 heteroatoms. The molecular weight excluding hydrogens is 330 g/mol. The standard InChI is InChI=1S/C19H17N5O2/c20-17(25)15-12-23-18(13-4-2-1-3-5-13)24-16(15)8-11-22-19(26)14-6-9-21-10-7-14/h1-7,9-10,12H,8,11H2,(H2,20,25)(H,22,26). The summed E-state index contributed by atoms with van der Waals surface area (Å²) in [6.45, 7) is 0.312. The Morgan fingerprint density at radius 2 is 1.77 bits per heavy atom. The highest BCUT2D eigenvalue weighted by molar-refractivity contribution is 5.94. The second-order valence-corrected chi connectivity index (χ2v) is 5.53. The van der Waals surface area contributed by atoms with E-state index in [-0.39, 0.29) is 11.5 Å². The predicted molar refractivity (Wildman–Crippen MR) is 96.3 cm³/mol. The van der Waals surface area contributed by atoms with Crippen LogP contribution in [-0.4, -0.2) is 33.3 Å². The molecule has 0 unspecified atom stereocenters. The zero-order chi connectivity index (χ0) is 18.4. The number of aromatic nitrogens is 3. The summed E-state index contributed by atoms with van der Waals surface area (Å²) in [7, 11) is 0. The van der Waals surface area contributed by atoms with Crippen LogP contribution in [0.1, 0.15) is 26.4 Å². The maximum atomic E-state index is 12.1. The van der Waals surface area contributed by atoms with Gasteiger partial charge in [-0.2, -0.15) is 0 Å². The van der Waals surface area contributed by atoms with Crippen LogP contribution < -0.4 is 11.1 Å². The van der Waals surface area contributed by atoms with E-state index in [1.807, 2.05) is 30.3 Å². The lowest BCUT2D eigenvalue weighted by Gasteiger charge is -2.09. The van der Waals surface area contributed by atoms with E-state index in [1.165, 1.54) is 6.20 Å². The van der Waals surface area contributed by atoms with Crippen molar-refractivity contribution in [3.05, 3.63) is 77.9 Å². The van der Waals surface area contributed by atoms with Crippen molar-refractivity contribution in [1.82, 2.24) is 20.3 Å². The van der Waals surface area contributed by atoms with Crippen LogP contribution in [0.4, 0.5) is 0 Å². The maximum Gasteiger partial charge on any atom is 0.252 e. The van der Waals surface area contributed by atoms with E-state index < -0.39 is 5.91 Å². The number of pyridine rings is 1. The molecule has 0 aliphatic rings. The number of benzene rings is 1. The molecule has 0 fully saturated rings. The molecule has 7 nitrogen and oxygen atoms in total. The molecule has 0 radical (unpaired) electrons. The Bertz CT molecular complexity index is 914. The lowest BCUT2D eigenvalue weighted by atomic mass is 10.1. The molecule has 0 bridgehead atoms. The summed E-state index contributed by atoms with van der Waals surface area (Å²) in [5.74, 6) is -0.309. The largest absolute Gasteiger partial charge is 0.365 e. The Morgan fingerprint density at radius 1 is 1.04 bits per heavy atom. The lowest BCUT2D eigenvalue weighted by molar-refractivity contribution is 0.0953. The molecule has 3 rings (SSSR count). The third-order valence-corrected chi connectivity index (χ3v) is 3.76. The predicted octanol–water partition coefficient (Wildman–Crippen LogP) is 1.61. The summed E-state index contributed by atoms with van der Waals surface area (Å²) in [6, 6.07) is 12.7. The fourth-order valence-electron chi connectivity index (χ4n) is 2.44. The summed E-state index contributed by atoms with van der Waals surface area (Å²) in [4.78, 5) is 36.3. The Balaban J connectivity index is 1.75. The van der Waals surface area contributed by atoms with Gasteiger partial charge < -0.3 is 11.1 Å². The molecule has 0 saturated carbocycles. The molecule has 130 valence electrons. The minimum Gasteiger partial charge on any atom is -0.365 e. The number of carbonyl (C=O) groups is 2. The van der Waals surface area contributed by atoms with Crippen LogP contribution in [0.2, 0.25) is 0 Å². The number of hydrogen-bond donors (Lipinski definition) is 2. The summed E-state index contributed by atoms with van der Waals surface area (Å²) >= 11 is 0. The maximum absolute atomic E-state index is 12.1. The molecule has 0 saturated heterocycles. The number of rotatable bonds is 6. The molecule has 3 N–H and O–H groups in total. The van der Waals surface area contributed by atoms with E-state index in [0.29, 0.717) is 30.0 Å². The van der Waals surface area contributed by atoms with Crippen LogP contribution in [-0.2, 0) is 6.42 Å². The van der Waals surface area contributed by atoms with Crippen molar-refractivity contribution in [2.45, 2.75) is 6.42 Å². The van der Waals surface area contributed by atoms with E-state index in [4.69, 9.17) is 5.73 Å². The minimum atomic E-state index is -0.597. The summed E-state index contributed by atoms with van der Waals surface area (Å²) in [5, 5.41) is 2.79. The first-order valence-electron chi connectivity index (χ1n) is 8.04. The van der Waals surface area contributed by atoms with Gasteiger partial charge in [0.2, 0.25) is 0 Å². The molecule has 26 heavy (non-hydrogen) atoms. The topological polar surface area (TPSA) is 111 Å². The number of primary amides is 1. The molecular formula is C19H17N5O2. The number of nitrogens with two attached hydrogens (primary N) is 1. The Morgan fingerprint density at radius 3 is 2.46 bits per heavy atom. The van der Waals surface area contributed by atoms with Gasteiger partial charge in [0.1, 0.15) is 0 Å². The lowest BCUT2D eigenvalue weighted by Crippen LogP contribution is -2.27. The molecule has 1 aromatic carbocycles. The first kappa shape index (κ1) is 17.2. The second kappa shape index (κ2) is 7.98. The van der Waals surface area contributed by atoms with Crippen LogP contribution in [0.15, 0.2) is 61.1 Å². The number of amides is 2. The Kier molecular flexibility index (Phi) is 5.28. The van der Waals surface area contributed by atoms with Gasteiger partial charge in [0.25, 0.3) is 11.8 Å². The average molecular weight is 347 g/mol. The van der Waals surface area contributed by atoms with Crippen molar-refractivity contribution >= 4 is 11.8 Å². The summed E-state index contributed by atoms with van der Waals surface area (Å²) < 4.78 is 0. The molecule has 0 aliphatic heterocycles. The van der Waals surface area contributed by atoms with Gasteiger partial charge in [0.15, 0.2) is 5.82 Å². The molecule has 3 aromatic rings. The zero-order valence-corrected chi connectivity index (χ0v) is 13.9. The van der Waals surface area contributed by atoms with Gasteiger partial charge in [0.05, 0.1) is 11.3 Å². The van der Waals surface area contributed by atoms with Gasteiger partial charge in [-0.05, 0) is 12.1 Å². The first-order chi connectivity index (χ1) is 12.6. The van der Waals surface area contributed by atoms with Crippen LogP contribution in [0, 0.1) is 0 Å². The SMILES string of the molecule is NC(=O)c1cnc(-c2ccccc2)nc1CCNC(=O)c1ccncc1. The fourth-order valence-corrected chi connectivity index (χ4v) is 2.44. The number of carbonyl (C=O) groups excluding carboxylic acids is 2. The molecule has 2 aromatic heterocycles. The van der Waals surface area contributed by atoms with Crippen molar-refractivity contribution < 1.29 is 9.59 Å². The van der Waals surface area contributed by atoms with Crippen molar-refractivity contribution in [1.29, 1.82) is 0 Å². The number of nitrogens with one attached hydrogen (secondary N) is 1. The molecule has 0 atom stereocenters. The Hall–Kier alpha value is -3.61. The van der Waals surface area contributed by atoms with Gasteiger partial charge in [-0.15, -0.1) is 0 Å². The molecule has 0 spiro atoms. The first-order valence-corrected chi connectivity index (χ1v) is 8.04. The van der Waals surface area contributed by atoms with Gasteiger partial charge >= 0.3 is 0 Å². The van der Waals surface area contributed by atoms with Crippen LogP contribution in [0.5, 0.6) is 0 Å². The molecule has 2 heterocycles. The van der Waals surface area contributed by atoms with Crippen LogP contribution in [0.3, 0.4) is 0 Å². The Labute approximate surface area is 150 Å². The van der Waals surface area contributed by atoms with Gasteiger partial charge in [-0.3, -0.25) is 14.6 Å². The quantitative estimate of drug-likeness (QED) is 0.704. The summed E-state index contributed by atoms with van der Waals surface area (Å²) in [5.41, 5.74) is 7.52. The molecule has 2 amide bonds. The van der Waals surface area contributed by atoms with Crippen molar-refractivity contribution in [3.63, 3.8) is 0 Å². The monoisotopic (exact) mass is 347 g/mol. The van der Waals surface area contributed by atoms with Crippen molar-refractivity contribution in [2.75, 3.05) is 6.54 Å². The number of hydrogen-bond acceptors (Lipinski definition) is 5. The van der Waals surface area contributed by atoms with Crippen LogP contribution >= 0.6 is 0 Å². The van der Waals surface area contributed by atoms with E-state index >= 15 is 0 Å². The highest BCUT2D eigenvalue weighted by Crippen LogP contribution is 2.16. The third-order valence-electron chi connectivity index (χ3n) is 3.76. The van der Waals surface area contributed by atoms with Crippen molar-refractivity contribution in [2.24, 2.45) is 5.73 Å². The normalized spacial score (nSPS) is 10.3. The fraction of sp³-hybridized carbons (Fsp3) is 0.105. The van der Waals surface area contributed by atoms with Gasteiger partial charge in [-0.1, -0.05) is 30.3 Å². The van der Waals surface area contributed by atoms with Gasteiger partial charge in [0, 0.05) is 42.7 Å². The van der Waals surface area contributed by atoms with E-state index in [2.05, 4.69) is 20.3 Å². The van der Waals surface area contributed by atoms with E-state index in [9.17, 15) is 9.59 Å². The number of nitrogens with zero attached hydrogens (tertiary/aromatic N) is 3. The summed E-state index contributed by atoms with van der Waals surface area (Å²) in [6.07, 6.45) is 4.89. The third kappa shape index (κ3) is 4.07. The van der Waals surface area contributed by atoms with Crippen molar-refractivity contribution in [3.8, 4) is 11.4 Å². The van der Waals surface area contributed by atoms with Crippen LogP contribution in [0.25, 0.3) is 11.4 Å². The highest BCUT2D eigenvalue weighted by Gasteiger charge is 2.13. The zero-order valence-electron chi connectivity index (χ0n) is 13.9. The van der Waals surface area contributed by atoms with E-state index in [0.717, 1.165) is 5.56 Å². The van der Waals surface area contributed by atoms with Gasteiger partial charge in [-0.25, -0.2) is 9.97 Å². The second-order valence-electron chi connectivity index (χ2n) is 5.53. The highest BCUT2D eigenvalue weighted by atomic mass is 16.2. The smallest absolute Gasteiger partial charge is 0.252 e.